The Morgan fingerprint density at radius 2 is 1.74 bits per heavy atom. The van der Waals surface area contributed by atoms with Crippen molar-refractivity contribution in [2.75, 3.05) is 51.1 Å². The molecule has 2 aromatic rings. The van der Waals surface area contributed by atoms with Crippen molar-refractivity contribution in [2.24, 2.45) is 0 Å². The van der Waals surface area contributed by atoms with Gasteiger partial charge in [-0.25, -0.2) is 4.39 Å². The van der Waals surface area contributed by atoms with Crippen LogP contribution in [0.1, 0.15) is 12.0 Å². The molecule has 7 nitrogen and oxygen atoms in total. The Morgan fingerprint density at radius 3 is 2.44 bits per heavy atom. The zero-order chi connectivity index (χ0) is 24.5. The number of piperazine rings is 1. The topological polar surface area (TPSA) is 84.9 Å². The smallest absolute Gasteiger partial charge is 0.234 e. The first-order valence-corrected chi connectivity index (χ1v) is 11.9. The number of hydrogen-bond donors (Lipinski definition) is 3. The maximum absolute atomic E-state index is 13.6. The zero-order valence-corrected chi connectivity index (χ0v) is 20.3. The predicted molar refractivity (Wildman–Crippen MR) is 132 cm³/mol. The fourth-order valence-corrected chi connectivity index (χ4v) is 4.29. The molecule has 1 fully saturated rings. The van der Waals surface area contributed by atoms with E-state index in [4.69, 9.17) is 23.2 Å². The highest BCUT2D eigenvalue weighted by molar-refractivity contribution is 6.35. The second kappa shape index (κ2) is 13.0. The predicted octanol–water partition coefficient (Wildman–Crippen LogP) is 2.80. The lowest BCUT2D eigenvalue weighted by atomic mass is 10.1. The lowest BCUT2D eigenvalue weighted by molar-refractivity contribution is -0.123. The van der Waals surface area contributed by atoms with Gasteiger partial charge >= 0.3 is 0 Å². The maximum atomic E-state index is 13.6. The normalized spacial score (nSPS) is 15.6. The fraction of sp³-hybridized carbons (Fsp3) is 0.417. The van der Waals surface area contributed by atoms with Crippen LogP contribution in [0, 0.1) is 5.82 Å². The molecule has 1 atom stereocenters. The molecule has 0 saturated carbocycles. The minimum Gasteiger partial charge on any atom is -0.391 e. The quantitative estimate of drug-likeness (QED) is 0.457. The highest BCUT2D eigenvalue weighted by atomic mass is 35.5. The van der Waals surface area contributed by atoms with Gasteiger partial charge in [-0.15, -0.1) is 0 Å². The number of nitrogens with one attached hydrogen (secondary N) is 2. The summed E-state index contributed by atoms with van der Waals surface area (Å²) in [6.07, 6.45) is -0.353. The number of para-hydroxylation sites is 1. The maximum Gasteiger partial charge on any atom is 0.234 e. The van der Waals surface area contributed by atoms with E-state index in [1.807, 2.05) is 6.07 Å². The number of hydrogen-bond acceptors (Lipinski definition) is 5. The van der Waals surface area contributed by atoms with E-state index in [2.05, 4.69) is 20.4 Å². The van der Waals surface area contributed by atoms with Crippen LogP contribution in [0.2, 0.25) is 10.0 Å². The summed E-state index contributed by atoms with van der Waals surface area (Å²) in [6.45, 7) is 3.86. The number of halogens is 3. The third-order valence-corrected chi connectivity index (χ3v) is 6.19. The lowest BCUT2D eigenvalue weighted by Gasteiger charge is -2.35. The van der Waals surface area contributed by atoms with Gasteiger partial charge < -0.3 is 15.7 Å². The molecule has 2 amide bonds. The van der Waals surface area contributed by atoms with E-state index in [-0.39, 0.29) is 18.0 Å². The van der Waals surface area contributed by atoms with Crippen molar-refractivity contribution < 1.29 is 19.1 Å². The number of carbonyl (C=O) groups excluding carboxylic acids is 2. The number of nitrogens with zero attached hydrogens (tertiary/aromatic N) is 2. The molecular weight excluding hydrogens is 482 g/mol. The Morgan fingerprint density at radius 1 is 1.03 bits per heavy atom. The van der Waals surface area contributed by atoms with E-state index in [1.165, 1.54) is 12.1 Å². The average molecular weight is 511 g/mol. The van der Waals surface area contributed by atoms with Gasteiger partial charge in [0.25, 0.3) is 0 Å². The van der Waals surface area contributed by atoms with Gasteiger partial charge in [-0.3, -0.25) is 19.4 Å². The van der Waals surface area contributed by atoms with Gasteiger partial charge in [0.15, 0.2) is 0 Å². The van der Waals surface area contributed by atoms with E-state index in [1.54, 1.807) is 24.3 Å². The van der Waals surface area contributed by atoms with Gasteiger partial charge in [0, 0.05) is 49.3 Å². The minimum atomic E-state index is -0.860. The molecule has 1 heterocycles. The molecule has 34 heavy (non-hydrogen) atoms. The van der Waals surface area contributed by atoms with E-state index < -0.39 is 17.8 Å². The molecule has 1 aliphatic heterocycles. The molecular formula is C24H29Cl2FN4O3. The number of benzene rings is 2. The first kappa shape index (κ1) is 26.4. The van der Waals surface area contributed by atoms with E-state index in [0.29, 0.717) is 62.3 Å². The summed E-state index contributed by atoms with van der Waals surface area (Å²) in [6, 6.07) is 11.2. The second-order valence-corrected chi connectivity index (χ2v) is 9.14. The van der Waals surface area contributed by atoms with Crippen LogP contribution in [0.25, 0.3) is 0 Å². The number of β-amino-alcohol motifs (C(OH)–C–C–N with tert-alkyl or cyclic N) is 1. The monoisotopic (exact) mass is 510 g/mol. The van der Waals surface area contributed by atoms with E-state index in [0.717, 1.165) is 5.56 Å². The molecule has 184 valence electrons. The molecule has 0 aliphatic carbocycles. The highest BCUT2D eigenvalue weighted by Crippen LogP contribution is 2.21. The van der Waals surface area contributed by atoms with Crippen molar-refractivity contribution in [3.63, 3.8) is 0 Å². The van der Waals surface area contributed by atoms with E-state index in [9.17, 15) is 19.1 Å². The zero-order valence-electron chi connectivity index (χ0n) is 18.8. The Kier molecular flexibility index (Phi) is 10.1. The molecule has 0 radical (unpaired) electrons. The summed E-state index contributed by atoms with van der Waals surface area (Å²) in [5.74, 6) is -1.00. The highest BCUT2D eigenvalue weighted by Gasteiger charge is 2.22. The van der Waals surface area contributed by atoms with Crippen LogP contribution in [0.5, 0.6) is 0 Å². The van der Waals surface area contributed by atoms with Gasteiger partial charge in [0.05, 0.1) is 24.8 Å². The Balaban J connectivity index is 1.31. The van der Waals surface area contributed by atoms with Crippen LogP contribution in [0.4, 0.5) is 10.1 Å². The SMILES string of the molecule is O=C(CN1CCN(CC(O)CC(=O)Nc2ccccc2F)CC1)NCCc1ccc(Cl)cc1Cl. The van der Waals surface area contributed by atoms with Crippen molar-refractivity contribution in [2.45, 2.75) is 18.9 Å². The van der Waals surface area contributed by atoms with Crippen LogP contribution >= 0.6 is 23.2 Å². The minimum absolute atomic E-state index is 0.0524. The molecule has 0 bridgehead atoms. The van der Waals surface area contributed by atoms with Crippen molar-refractivity contribution in [3.8, 4) is 0 Å². The molecule has 0 aromatic heterocycles. The summed E-state index contributed by atoms with van der Waals surface area (Å²) in [5, 5.41) is 16.8. The molecule has 3 N–H and O–H groups in total. The lowest BCUT2D eigenvalue weighted by Crippen LogP contribution is -2.51. The van der Waals surface area contributed by atoms with Gasteiger partial charge in [-0.2, -0.15) is 0 Å². The Hall–Kier alpha value is -2.23. The Labute approximate surface area is 208 Å². The number of aliphatic hydroxyl groups is 1. The molecule has 1 saturated heterocycles. The summed E-state index contributed by atoms with van der Waals surface area (Å²) in [5.41, 5.74) is 1.03. The van der Waals surface area contributed by atoms with E-state index >= 15 is 0 Å². The average Bonchev–Trinajstić information content (AvgIpc) is 2.78. The molecule has 10 heteroatoms. The van der Waals surface area contributed by atoms with Crippen LogP contribution in [-0.4, -0.2) is 78.6 Å². The number of amides is 2. The van der Waals surface area contributed by atoms with Crippen molar-refractivity contribution in [1.82, 2.24) is 15.1 Å². The third-order valence-electron chi connectivity index (χ3n) is 5.60. The second-order valence-electron chi connectivity index (χ2n) is 8.30. The summed E-state index contributed by atoms with van der Waals surface area (Å²) in [4.78, 5) is 28.4. The molecule has 0 spiro atoms. The van der Waals surface area contributed by atoms with Crippen LogP contribution in [0.3, 0.4) is 0 Å². The molecule has 2 aromatic carbocycles. The van der Waals surface area contributed by atoms with Gasteiger partial charge in [-0.1, -0.05) is 41.4 Å². The number of carbonyl (C=O) groups is 2. The van der Waals surface area contributed by atoms with Crippen LogP contribution in [0.15, 0.2) is 42.5 Å². The number of anilines is 1. The number of rotatable bonds is 10. The summed E-state index contributed by atoms with van der Waals surface area (Å²) >= 11 is 12.1. The van der Waals surface area contributed by atoms with Crippen LogP contribution < -0.4 is 10.6 Å². The summed E-state index contributed by atoms with van der Waals surface area (Å²) in [7, 11) is 0. The first-order valence-electron chi connectivity index (χ1n) is 11.2. The van der Waals surface area contributed by atoms with Crippen LogP contribution in [-0.2, 0) is 16.0 Å². The van der Waals surface area contributed by atoms with Crippen molar-refractivity contribution in [3.05, 3.63) is 63.9 Å². The molecule has 3 rings (SSSR count). The van der Waals surface area contributed by atoms with Gasteiger partial charge in [-0.05, 0) is 36.2 Å². The van der Waals surface area contributed by atoms with Crippen molar-refractivity contribution >= 4 is 40.7 Å². The number of aliphatic hydroxyl groups excluding tert-OH is 1. The van der Waals surface area contributed by atoms with Gasteiger partial charge in [0.1, 0.15) is 5.82 Å². The third kappa shape index (κ3) is 8.52. The summed E-state index contributed by atoms with van der Waals surface area (Å²) < 4.78 is 13.6. The molecule has 1 aliphatic rings. The molecule has 1 unspecified atom stereocenters. The standard InChI is InChI=1S/C24H29Cl2FN4O3/c25-18-6-5-17(20(26)13-18)7-8-28-24(34)16-31-11-9-30(10-12-31)15-19(32)14-23(33)29-22-4-2-1-3-21(22)27/h1-6,13,19,32H,7-12,14-16H2,(H,28,34)(H,29,33). The fourth-order valence-electron chi connectivity index (χ4n) is 3.79. The van der Waals surface area contributed by atoms with Gasteiger partial charge in [0.2, 0.25) is 11.8 Å². The first-order chi connectivity index (χ1) is 16.3. The van der Waals surface area contributed by atoms with Crippen molar-refractivity contribution in [1.29, 1.82) is 0 Å². The Bertz CT molecular complexity index is 986. The largest absolute Gasteiger partial charge is 0.391 e.